The summed E-state index contributed by atoms with van der Waals surface area (Å²) in [5.74, 6) is 0.354. The molecule has 4 heterocycles. The van der Waals surface area contributed by atoms with E-state index >= 15 is 0 Å². The van der Waals surface area contributed by atoms with Crippen LogP contribution in [0.3, 0.4) is 0 Å². The first-order valence-corrected chi connectivity index (χ1v) is 11.6. The molecule has 0 aromatic carbocycles. The van der Waals surface area contributed by atoms with E-state index in [0.29, 0.717) is 11.5 Å². The van der Waals surface area contributed by atoms with Gasteiger partial charge in [-0.1, -0.05) is 11.6 Å². The number of hydrogen-bond acceptors (Lipinski definition) is 6. The largest absolute Gasteiger partial charge is 0.335 e. The van der Waals surface area contributed by atoms with Crippen molar-refractivity contribution in [1.29, 1.82) is 0 Å². The lowest BCUT2D eigenvalue weighted by Gasteiger charge is -2.26. The molecule has 1 saturated carbocycles. The smallest absolute Gasteiger partial charge is 0.276 e. The molecule has 9 heteroatoms. The highest BCUT2D eigenvalue weighted by atomic mass is 35.5. The molecular weight excluding hydrogens is 422 g/mol. The molecule has 0 atom stereocenters. The molecule has 3 aliphatic rings. The molecule has 3 aromatic heterocycles. The van der Waals surface area contributed by atoms with E-state index in [9.17, 15) is 9.59 Å². The topological polar surface area (TPSA) is 88.9 Å². The zero-order chi connectivity index (χ0) is 20.5. The normalized spacial score (nSPS) is 19.2. The van der Waals surface area contributed by atoms with Crippen molar-refractivity contribution in [1.82, 2.24) is 19.9 Å². The third kappa shape index (κ3) is 2.50. The minimum atomic E-state index is -0.659. The summed E-state index contributed by atoms with van der Waals surface area (Å²) in [4.78, 5) is 37.3. The fourth-order valence-corrected chi connectivity index (χ4v) is 6.75. The molecule has 1 amide bonds. The Morgan fingerprint density at radius 1 is 1.13 bits per heavy atom. The van der Waals surface area contributed by atoms with Crippen LogP contribution in [-0.4, -0.2) is 20.4 Å². The number of nitrogens with one attached hydrogen (secondary N) is 2. The average molecular weight is 442 g/mol. The molecule has 1 spiro atoms. The van der Waals surface area contributed by atoms with Crippen molar-refractivity contribution >= 4 is 50.6 Å². The van der Waals surface area contributed by atoms with Crippen LogP contribution in [0, 0.1) is 0 Å². The minimum Gasteiger partial charge on any atom is -0.335 e. The summed E-state index contributed by atoms with van der Waals surface area (Å²) in [5.41, 5.74) is 0.983. The first kappa shape index (κ1) is 18.3. The average Bonchev–Trinajstić information content (AvgIpc) is 3.42. The molecule has 1 aliphatic heterocycles. The van der Waals surface area contributed by atoms with Gasteiger partial charge in [-0.25, -0.2) is 9.97 Å². The van der Waals surface area contributed by atoms with Gasteiger partial charge in [-0.2, -0.15) is 0 Å². The van der Waals surface area contributed by atoms with E-state index < -0.39 is 5.66 Å². The minimum absolute atomic E-state index is 0.245. The molecule has 0 bridgehead atoms. The highest BCUT2D eigenvalue weighted by molar-refractivity contribution is 7.19. The number of carbonyl (C=O) groups is 1. The number of carbonyl (C=O) groups excluding carboxylic acids is 1. The molecule has 0 saturated heterocycles. The second kappa shape index (κ2) is 6.52. The van der Waals surface area contributed by atoms with Gasteiger partial charge in [-0.15, -0.1) is 11.3 Å². The number of amides is 1. The van der Waals surface area contributed by atoms with Gasteiger partial charge in [-0.3, -0.25) is 14.2 Å². The monoisotopic (exact) mass is 441 g/mol. The fourth-order valence-electron chi connectivity index (χ4n) is 5.24. The zero-order valence-corrected chi connectivity index (χ0v) is 17.8. The summed E-state index contributed by atoms with van der Waals surface area (Å²) in [6.07, 6.45) is 9.36. The number of hydrogen-bond donors (Lipinski definition) is 2. The molecule has 7 nitrogen and oxygen atoms in total. The zero-order valence-electron chi connectivity index (χ0n) is 16.3. The lowest BCUT2D eigenvalue weighted by molar-refractivity contribution is 0.0920. The number of aryl methyl sites for hydroxylation is 2. The lowest BCUT2D eigenvalue weighted by atomic mass is 9.97. The van der Waals surface area contributed by atoms with E-state index in [1.807, 2.05) is 0 Å². The maximum absolute atomic E-state index is 13.5. The van der Waals surface area contributed by atoms with Gasteiger partial charge in [0.25, 0.3) is 11.5 Å². The SMILES string of the molecule is O=C1NC2(CCCC2)n2c1c(Cl)cc(Nc1ncnc3sc4c(c13)CCCC4)c2=O. The highest BCUT2D eigenvalue weighted by Gasteiger charge is 2.46. The van der Waals surface area contributed by atoms with E-state index in [2.05, 4.69) is 20.6 Å². The van der Waals surface area contributed by atoms with Gasteiger partial charge in [0.05, 0.1) is 10.4 Å². The number of aromatic nitrogens is 3. The van der Waals surface area contributed by atoms with Crippen LogP contribution < -0.4 is 16.2 Å². The van der Waals surface area contributed by atoms with Crippen molar-refractivity contribution in [2.45, 2.75) is 57.0 Å². The number of nitrogens with zero attached hydrogens (tertiary/aromatic N) is 3. The quantitative estimate of drug-likeness (QED) is 0.625. The Hall–Kier alpha value is -2.45. The second-order valence-electron chi connectivity index (χ2n) is 8.33. The van der Waals surface area contributed by atoms with Gasteiger partial charge < -0.3 is 10.6 Å². The van der Waals surface area contributed by atoms with Gasteiger partial charge in [-0.05, 0) is 63.0 Å². The van der Waals surface area contributed by atoms with E-state index in [1.165, 1.54) is 23.2 Å². The van der Waals surface area contributed by atoms with Gasteiger partial charge in [0.2, 0.25) is 0 Å². The van der Waals surface area contributed by atoms with E-state index in [4.69, 9.17) is 11.6 Å². The molecule has 154 valence electrons. The Morgan fingerprint density at radius 3 is 2.77 bits per heavy atom. The third-order valence-electron chi connectivity index (χ3n) is 6.58. The molecule has 0 radical (unpaired) electrons. The van der Waals surface area contributed by atoms with Crippen LogP contribution in [0.2, 0.25) is 5.02 Å². The maximum atomic E-state index is 13.5. The van der Waals surface area contributed by atoms with Crippen LogP contribution in [0.4, 0.5) is 11.5 Å². The third-order valence-corrected chi connectivity index (χ3v) is 8.07. The summed E-state index contributed by atoms with van der Waals surface area (Å²) in [7, 11) is 0. The number of anilines is 2. The Labute approximate surface area is 181 Å². The summed E-state index contributed by atoms with van der Waals surface area (Å²) < 4.78 is 1.58. The molecule has 2 aliphatic carbocycles. The standard InChI is InChI=1S/C21H20ClN5O2S/c22-12-9-13(20(29)27-16(12)18(28)26-21(27)7-3-4-8-21)25-17-15-11-5-1-2-6-14(11)30-19(15)24-10-23-17/h9-10H,1-8H2,(H,26,28)(H,23,24,25). The van der Waals surface area contributed by atoms with Crippen molar-refractivity contribution in [3.05, 3.63) is 43.9 Å². The molecule has 6 rings (SSSR count). The Bertz CT molecular complexity index is 1270. The molecule has 0 unspecified atom stereocenters. The number of halogens is 1. The van der Waals surface area contributed by atoms with E-state index in [-0.39, 0.29) is 22.2 Å². The van der Waals surface area contributed by atoms with Crippen LogP contribution in [0.25, 0.3) is 10.2 Å². The van der Waals surface area contributed by atoms with Crippen LogP contribution in [-0.2, 0) is 18.5 Å². The second-order valence-corrected chi connectivity index (χ2v) is 9.82. The van der Waals surface area contributed by atoms with Gasteiger partial charge in [0.1, 0.15) is 34.0 Å². The van der Waals surface area contributed by atoms with Crippen molar-refractivity contribution in [2.24, 2.45) is 0 Å². The molecule has 3 aromatic rings. The first-order chi connectivity index (χ1) is 14.6. The van der Waals surface area contributed by atoms with Crippen LogP contribution >= 0.6 is 22.9 Å². The van der Waals surface area contributed by atoms with E-state index in [0.717, 1.165) is 55.2 Å². The summed E-state index contributed by atoms with van der Waals surface area (Å²) in [6, 6.07) is 1.55. The Kier molecular flexibility index (Phi) is 3.98. The molecule has 30 heavy (non-hydrogen) atoms. The number of pyridine rings is 1. The Balaban J connectivity index is 1.51. The van der Waals surface area contributed by atoms with Crippen molar-refractivity contribution in [2.75, 3.05) is 5.32 Å². The predicted molar refractivity (Wildman–Crippen MR) is 117 cm³/mol. The maximum Gasteiger partial charge on any atom is 0.276 e. The van der Waals surface area contributed by atoms with Gasteiger partial charge in [0, 0.05) is 4.88 Å². The summed E-state index contributed by atoms with van der Waals surface area (Å²) in [5, 5.41) is 7.54. The molecule has 2 N–H and O–H groups in total. The number of fused-ring (bicyclic) bond motifs is 5. The van der Waals surface area contributed by atoms with Gasteiger partial charge in [0.15, 0.2) is 0 Å². The fraction of sp³-hybridized carbons (Fsp3) is 0.429. The Morgan fingerprint density at radius 2 is 1.93 bits per heavy atom. The highest BCUT2D eigenvalue weighted by Crippen LogP contribution is 2.41. The van der Waals surface area contributed by atoms with Crippen LogP contribution in [0.15, 0.2) is 17.2 Å². The molecular formula is C21H20ClN5O2S. The van der Waals surface area contributed by atoms with Crippen LogP contribution in [0.5, 0.6) is 0 Å². The van der Waals surface area contributed by atoms with Crippen molar-refractivity contribution in [3.8, 4) is 0 Å². The lowest BCUT2D eigenvalue weighted by Crippen LogP contribution is -2.45. The number of rotatable bonds is 2. The predicted octanol–water partition coefficient (Wildman–Crippen LogP) is 4.10. The number of thiophene rings is 1. The van der Waals surface area contributed by atoms with Crippen LogP contribution in [0.1, 0.15) is 59.5 Å². The van der Waals surface area contributed by atoms with Crippen molar-refractivity contribution in [3.63, 3.8) is 0 Å². The molecule has 1 fully saturated rings. The van der Waals surface area contributed by atoms with E-state index in [1.54, 1.807) is 22.0 Å². The summed E-state index contributed by atoms with van der Waals surface area (Å²) in [6.45, 7) is 0. The van der Waals surface area contributed by atoms with Crippen molar-refractivity contribution < 1.29 is 4.79 Å². The first-order valence-electron chi connectivity index (χ1n) is 10.4. The van der Waals surface area contributed by atoms with Gasteiger partial charge >= 0.3 is 0 Å². The summed E-state index contributed by atoms with van der Waals surface area (Å²) >= 11 is 8.20.